The third-order valence-corrected chi connectivity index (χ3v) is 4.71. The third kappa shape index (κ3) is 4.80. The van der Waals surface area contributed by atoms with Crippen LogP contribution in [0.5, 0.6) is 0 Å². The van der Waals surface area contributed by atoms with Gasteiger partial charge >= 0.3 is 0 Å². The Morgan fingerprint density at radius 3 is 2.81 bits per heavy atom. The molecule has 1 aromatic carbocycles. The second-order valence-corrected chi connectivity index (χ2v) is 6.44. The highest BCUT2D eigenvalue weighted by Gasteiger charge is 2.27. The summed E-state index contributed by atoms with van der Waals surface area (Å²) in [5.74, 6) is 0.793. The number of carbonyl (C=O) groups excluding carboxylic acids is 1. The number of hydrogen-bond donors (Lipinski definition) is 1. The van der Waals surface area contributed by atoms with E-state index in [-0.39, 0.29) is 30.2 Å². The normalized spacial score (nSPS) is 19.9. The number of hydrogen-bond acceptors (Lipinski definition) is 5. The fourth-order valence-corrected chi connectivity index (χ4v) is 3.02. The first kappa shape index (κ1) is 20.3. The molecule has 1 aliphatic rings. The molecule has 1 saturated heterocycles. The fourth-order valence-electron chi connectivity index (χ4n) is 3.02. The highest BCUT2D eigenvalue weighted by molar-refractivity contribution is 5.85. The molecule has 0 radical (unpaired) electrons. The maximum absolute atomic E-state index is 13.0. The predicted molar refractivity (Wildman–Crippen MR) is 98.5 cm³/mol. The van der Waals surface area contributed by atoms with E-state index in [1.807, 2.05) is 4.90 Å². The Labute approximate surface area is 158 Å². The van der Waals surface area contributed by atoms with Gasteiger partial charge in [-0.05, 0) is 44.5 Å². The summed E-state index contributed by atoms with van der Waals surface area (Å²) >= 11 is 0. The van der Waals surface area contributed by atoms with Gasteiger partial charge < -0.3 is 14.7 Å². The smallest absolute Gasteiger partial charge is 0.226 e. The third-order valence-electron chi connectivity index (χ3n) is 4.71. The molecule has 1 aromatic heterocycles. The number of aryl methyl sites for hydroxylation is 1. The molecule has 2 unspecified atom stereocenters. The van der Waals surface area contributed by atoms with E-state index >= 15 is 0 Å². The van der Waals surface area contributed by atoms with Crippen molar-refractivity contribution in [3.8, 4) is 11.4 Å². The molecule has 0 bridgehead atoms. The SMILES string of the molecule is CC1NCCN(C(=O)CCCc2nc(-c3ccc(F)cc3)no2)C1C.Cl. The first-order chi connectivity index (χ1) is 12.0. The molecule has 2 aromatic rings. The molecule has 1 fully saturated rings. The molecule has 6 nitrogen and oxygen atoms in total. The molecule has 2 atom stereocenters. The van der Waals surface area contributed by atoms with Gasteiger partial charge in [-0.1, -0.05) is 5.16 Å². The Balaban J connectivity index is 0.00000243. The van der Waals surface area contributed by atoms with Gasteiger partial charge in [0.25, 0.3) is 0 Å². The molecule has 1 amide bonds. The summed E-state index contributed by atoms with van der Waals surface area (Å²) in [5.41, 5.74) is 0.705. The highest BCUT2D eigenvalue weighted by atomic mass is 35.5. The largest absolute Gasteiger partial charge is 0.339 e. The topological polar surface area (TPSA) is 71.3 Å². The molecule has 0 aliphatic carbocycles. The van der Waals surface area contributed by atoms with E-state index in [4.69, 9.17) is 4.52 Å². The molecule has 0 spiro atoms. The minimum atomic E-state index is -0.303. The fraction of sp³-hybridized carbons (Fsp3) is 0.500. The quantitative estimate of drug-likeness (QED) is 0.860. The van der Waals surface area contributed by atoms with Crippen LogP contribution in [0, 0.1) is 5.82 Å². The molecule has 1 N–H and O–H groups in total. The van der Waals surface area contributed by atoms with Gasteiger partial charge in [-0.15, -0.1) is 12.4 Å². The van der Waals surface area contributed by atoms with Crippen molar-refractivity contribution in [2.45, 2.75) is 45.2 Å². The molecule has 2 heterocycles. The number of benzene rings is 1. The summed E-state index contributed by atoms with van der Waals surface area (Å²) in [5, 5.41) is 7.28. The number of carbonyl (C=O) groups is 1. The maximum atomic E-state index is 13.0. The van der Waals surface area contributed by atoms with E-state index in [0.717, 1.165) is 13.1 Å². The van der Waals surface area contributed by atoms with Crippen LogP contribution in [0.1, 0.15) is 32.6 Å². The van der Waals surface area contributed by atoms with Crippen LogP contribution in [-0.2, 0) is 11.2 Å². The van der Waals surface area contributed by atoms with E-state index < -0.39 is 0 Å². The minimum Gasteiger partial charge on any atom is -0.339 e. The molecule has 142 valence electrons. The van der Waals surface area contributed by atoms with Crippen LogP contribution < -0.4 is 5.32 Å². The average molecular weight is 383 g/mol. The van der Waals surface area contributed by atoms with Crippen molar-refractivity contribution in [2.24, 2.45) is 0 Å². The Morgan fingerprint density at radius 1 is 1.35 bits per heavy atom. The zero-order chi connectivity index (χ0) is 17.8. The zero-order valence-electron chi connectivity index (χ0n) is 14.9. The molecule has 3 rings (SSSR count). The summed E-state index contributed by atoms with van der Waals surface area (Å²) < 4.78 is 18.2. The second kappa shape index (κ2) is 9.09. The second-order valence-electron chi connectivity index (χ2n) is 6.44. The van der Waals surface area contributed by atoms with Crippen molar-refractivity contribution in [2.75, 3.05) is 13.1 Å². The number of nitrogens with one attached hydrogen (secondary N) is 1. The van der Waals surface area contributed by atoms with Crippen molar-refractivity contribution < 1.29 is 13.7 Å². The van der Waals surface area contributed by atoms with E-state index in [9.17, 15) is 9.18 Å². The summed E-state index contributed by atoms with van der Waals surface area (Å²) in [6.45, 7) is 5.75. The molecule has 26 heavy (non-hydrogen) atoms. The standard InChI is InChI=1S/C18H23FN4O2.ClH/c1-12-13(2)23(11-10-20-12)17(24)5-3-4-16-21-18(22-25-16)14-6-8-15(19)9-7-14;/h6-9,12-13,20H,3-5,10-11H2,1-2H3;1H. The zero-order valence-corrected chi connectivity index (χ0v) is 15.8. The molecule has 0 saturated carbocycles. The first-order valence-corrected chi connectivity index (χ1v) is 8.66. The lowest BCUT2D eigenvalue weighted by molar-refractivity contribution is -0.134. The van der Waals surface area contributed by atoms with Crippen molar-refractivity contribution in [3.05, 3.63) is 36.0 Å². The Morgan fingerprint density at radius 2 is 2.08 bits per heavy atom. The van der Waals surface area contributed by atoms with Gasteiger partial charge in [0.1, 0.15) is 5.82 Å². The van der Waals surface area contributed by atoms with Crippen LogP contribution in [0.3, 0.4) is 0 Å². The van der Waals surface area contributed by atoms with Gasteiger partial charge in [0.2, 0.25) is 17.6 Å². The van der Waals surface area contributed by atoms with E-state index in [0.29, 0.717) is 42.6 Å². The maximum Gasteiger partial charge on any atom is 0.226 e. The van der Waals surface area contributed by atoms with Gasteiger partial charge in [-0.2, -0.15) is 4.98 Å². The Bertz CT molecular complexity index is 722. The highest BCUT2D eigenvalue weighted by Crippen LogP contribution is 2.17. The molecule has 8 heteroatoms. The molecule has 1 aliphatic heterocycles. The van der Waals surface area contributed by atoms with Gasteiger partial charge in [-0.25, -0.2) is 4.39 Å². The number of halogens is 2. The van der Waals surface area contributed by atoms with Crippen LogP contribution in [0.15, 0.2) is 28.8 Å². The Hall–Kier alpha value is -1.99. The van der Waals surface area contributed by atoms with Crippen LogP contribution in [0.2, 0.25) is 0 Å². The van der Waals surface area contributed by atoms with Crippen molar-refractivity contribution in [1.29, 1.82) is 0 Å². The predicted octanol–water partition coefficient (Wildman–Crippen LogP) is 2.83. The molecular weight excluding hydrogens is 359 g/mol. The molecular formula is C18H24ClFN4O2. The summed E-state index contributed by atoms with van der Waals surface area (Å²) in [6.07, 6.45) is 1.68. The van der Waals surface area contributed by atoms with Crippen molar-refractivity contribution in [3.63, 3.8) is 0 Å². The monoisotopic (exact) mass is 382 g/mol. The lowest BCUT2D eigenvalue weighted by atomic mass is 10.1. The van der Waals surface area contributed by atoms with Crippen LogP contribution in [0.4, 0.5) is 4.39 Å². The number of aromatic nitrogens is 2. The number of nitrogens with zero attached hydrogens (tertiary/aromatic N) is 3. The number of rotatable bonds is 5. The van der Waals surface area contributed by atoms with Gasteiger partial charge in [-0.3, -0.25) is 4.79 Å². The summed E-state index contributed by atoms with van der Waals surface area (Å²) in [4.78, 5) is 18.7. The van der Waals surface area contributed by atoms with Gasteiger partial charge in [0, 0.05) is 43.6 Å². The van der Waals surface area contributed by atoms with Crippen LogP contribution >= 0.6 is 12.4 Å². The van der Waals surface area contributed by atoms with Crippen LogP contribution in [-0.4, -0.2) is 46.1 Å². The Kier molecular flexibility index (Phi) is 7.11. The van der Waals surface area contributed by atoms with Gasteiger partial charge in [0.05, 0.1) is 0 Å². The lowest BCUT2D eigenvalue weighted by Gasteiger charge is -2.38. The van der Waals surface area contributed by atoms with Gasteiger partial charge in [0.15, 0.2) is 0 Å². The number of piperazine rings is 1. The lowest BCUT2D eigenvalue weighted by Crippen LogP contribution is -2.57. The summed E-state index contributed by atoms with van der Waals surface area (Å²) in [7, 11) is 0. The first-order valence-electron chi connectivity index (χ1n) is 8.66. The minimum absolute atomic E-state index is 0. The average Bonchev–Trinajstić information content (AvgIpc) is 3.07. The van der Waals surface area contributed by atoms with Crippen molar-refractivity contribution >= 4 is 18.3 Å². The summed E-state index contributed by atoms with van der Waals surface area (Å²) in [6, 6.07) is 6.46. The number of amides is 1. The van der Waals surface area contributed by atoms with Crippen LogP contribution in [0.25, 0.3) is 11.4 Å². The van der Waals surface area contributed by atoms with E-state index in [2.05, 4.69) is 29.3 Å². The van der Waals surface area contributed by atoms with E-state index in [1.54, 1.807) is 12.1 Å². The van der Waals surface area contributed by atoms with E-state index in [1.165, 1.54) is 12.1 Å². The van der Waals surface area contributed by atoms with Crippen molar-refractivity contribution in [1.82, 2.24) is 20.4 Å².